The van der Waals surface area contributed by atoms with Crippen LogP contribution in [0.15, 0.2) is 24.3 Å². The van der Waals surface area contributed by atoms with Crippen LogP contribution in [0.2, 0.25) is 0 Å². The van der Waals surface area contributed by atoms with Gasteiger partial charge in [-0.05, 0) is 42.4 Å². The molecule has 0 aromatic heterocycles. The van der Waals surface area contributed by atoms with Crippen LogP contribution in [0.5, 0.6) is 0 Å². The third kappa shape index (κ3) is 3.10. The lowest BCUT2D eigenvalue weighted by molar-refractivity contribution is 0.0935. The molecule has 1 aliphatic rings. The van der Waals surface area contributed by atoms with Crippen LogP contribution < -0.4 is 11.1 Å². The molecule has 2 rings (SSSR count). The van der Waals surface area contributed by atoms with Gasteiger partial charge in [0.25, 0.3) is 5.91 Å². The number of benzene rings is 1. The normalized spacial score (nSPS) is 22.7. The molecular formula is C15H22N2O. The Bertz CT molecular complexity index is 405. The van der Waals surface area contributed by atoms with Gasteiger partial charge in [0.05, 0.1) is 0 Å². The number of hydrogen-bond acceptors (Lipinski definition) is 2. The second-order valence-corrected chi connectivity index (χ2v) is 5.58. The Morgan fingerprint density at radius 3 is 2.44 bits per heavy atom. The molecule has 0 aliphatic heterocycles. The van der Waals surface area contributed by atoms with E-state index < -0.39 is 0 Å². The summed E-state index contributed by atoms with van der Waals surface area (Å²) in [5.74, 6) is 1.09. The van der Waals surface area contributed by atoms with Crippen LogP contribution in [-0.2, 0) is 0 Å². The minimum absolute atomic E-state index is 0.0192. The van der Waals surface area contributed by atoms with E-state index in [0.29, 0.717) is 17.9 Å². The van der Waals surface area contributed by atoms with Crippen LogP contribution in [0.4, 0.5) is 0 Å². The minimum Gasteiger partial charge on any atom is -0.352 e. The zero-order valence-electron chi connectivity index (χ0n) is 11.1. The smallest absolute Gasteiger partial charge is 0.251 e. The van der Waals surface area contributed by atoms with Crippen molar-refractivity contribution in [2.75, 3.05) is 6.54 Å². The van der Waals surface area contributed by atoms with Crippen molar-refractivity contribution in [1.82, 2.24) is 5.32 Å². The topological polar surface area (TPSA) is 55.1 Å². The lowest BCUT2D eigenvalue weighted by Crippen LogP contribution is -2.42. The van der Waals surface area contributed by atoms with Crippen molar-refractivity contribution in [3.8, 4) is 0 Å². The molecule has 3 nitrogen and oxygen atoms in total. The second-order valence-electron chi connectivity index (χ2n) is 5.58. The summed E-state index contributed by atoms with van der Waals surface area (Å²) in [6.45, 7) is 5.04. The van der Waals surface area contributed by atoms with E-state index in [2.05, 4.69) is 19.2 Å². The molecule has 0 heterocycles. The molecule has 1 aliphatic carbocycles. The van der Waals surface area contributed by atoms with Gasteiger partial charge in [0.15, 0.2) is 0 Å². The fourth-order valence-corrected chi connectivity index (χ4v) is 2.31. The summed E-state index contributed by atoms with van der Waals surface area (Å²) in [6.07, 6.45) is 2.07. The molecule has 0 saturated heterocycles. The van der Waals surface area contributed by atoms with Crippen LogP contribution in [0.3, 0.4) is 0 Å². The highest BCUT2D eigenvalue weighted by Crippen LogP contribution is 2.24. The number of nitrogens with one attached hydrogen (secondary N) is 1. The maximum Gasteiger partial charge on any atom is 0.251 e. The molecule has 18 heavy (non-hydrogen) atoms. The molecule has 0 spiro atoms. The van der Waals surface area contributed by atoms with Gasteiger partial charge in [-0.3, -0.25) is 4.79 Å². The highest BCUT2D eigenvalue weighted by molar-refractivity contribution is 5.94. The summed E-state index contributed by atoms with van der Waals surface area (Å²) < 4.78 is 0. The first-order valence-corrected chi connectivity index (χ1v) is 6.70. The van der Waals surface area contributed by atoms with Crippen LogP contribution in [0.1, 0.15) is 48.5 Å². The number of hydrogen-bond donors (Lipinski definition) is 2. The van der Waals surface area contributed by atoms with Crippen molar-refractivity contribution >= 4 is 5.91 Å². The number of carbonyl (C=O) groups excluding carboxylic acids is 1. The van der Waals surface area contributed by atoms with Gasteiger partial charge in [-0.25, -0.2) is 0 Å². The maximum atomic E-state index is 11.9. The minimum atomic E-state index is 0.0192. The molecule has 1 saturated carbocycles. The average Bonchev–Trinajstić information content (AvgIpc) is 2.33. The van der Waals surface area contributed by atoms with E-state index >= 15 is 0 Å². The maximum absolute atomic E-state index is 11.9. The average molecular weight is 246 g/mol. The van der Waals surface area contributed by atoms with Crippen molar-refractivity contribution in [2.45, 2.75) is 38.6 Å². The zero-order chi connectivity index (χ0) is 13.1. The molecular weight excluding hydrogens is 224 g/mol. The van der Waals surface area contributed by atoms with Crippen molar-refractivity contribution in [2.24, 2.45) is 11.7 Å². The molecule has 3 heteroatoms. The Labute approximate surface area is 109 Å². The van der Waals surface area contributed by atoms with Crippen LogP contribution >= 0.6 is 0 Å². The first-order valence-electron chi connectivity index (χ1n) is 6.70. The molecule has 3 N–H and O–H groups in total. The van der Waals surface area contributed by atoms with Gasteiger partial charge in [0.1, 0.15) is 0 Å². The standard InChI is InChI=1S/C15H22N2O/c1-10(2)12-3-5-13(6-4-12)15(18)17-9-11-7-14(16)8-11/h3-6,10-11,14H,7-9,16H2,1-2H3,(H,17,18). The van der Waals surface area contributed by atoms with E-state index in [9.17, 15) is 4.79 Å². The summed E-state index contributed by atoms with van der Waals surface area (Å²) in [4.78, 5) is 11.9. The van der Waals surface area contributed by atoms with Crippen LogP contribution in [-0.4, -0.2) is 18.5 Å². The van der Waals surface area contributed by atoms with E-state index in [1.54, 1.807) is 0 Å². The van der Waals surface area contributed by atoms with E-state index in [-0.39, 0.29) is 5.91 Å². The number of carbonyl (C=O) groups is 1. The molecule has 98 valence electrons. The summed E-state index contributed by atoms with van der Waals surface area (Å²) in [5, 5.41) is 2.98. The highest BCUT2D eigenvalue weighted by atomic mass is 16.1. The van der Waals surface area contributed by atoms with Gasteiger partial charge < -0.3 is 11.1 Å². The van der Waals surface area contributed by atoms with Crippen molar-refractivity contribution < 1.29 is 4.79 Å². The molecule has 1 amide bonds. The van der Waals surface area contributed by atoms with Gasteiger partial charge >= 0.3 is 0 Å². The van der Waals surface area contributed by atoms with E-state index in [1.807, 2.05) is 24.3 Å². The summed E-state index contributed by atoms with van der Waals surface area (Å²) in [5.41, 5.74) is 7.72. The summed E-state index contributed by atoms with van der Waals surface area (Å²) >= 11 is 0. The third-order valence-electron chi connectivity index (χ3n) is 3.66. The fraction of sp³-hybridized carbons (Fsp3) is 0.533. The Balaban J connectivity index is 1.84. The van der Waals surface area contributed by atoms with Gasteiger partial charge in [0.2, 0.25) is 0 Å². The summed E-state index contributed by atoms with van der Waals surface area (Å²) in [6, 6.07) is 8.20. The first-order chi connectivity index (χ1) is 8.56. The quantitative estimate of drug-likeness (QED) is 0.856. The van der Waals surface area contributed by atoms with E-state index in [4.69, 9.17) is 5.73 Å². The largest absolute Gasteiger partial charge is 0.352 e. The number of nitrogens with two attached hydrogens (primary N) is 1. The van der Waals surface area contributed by atoms with E-state index in [0.717, 1.165) is 24.9 Å². The van der Waals surface area contributed by atoms with Gasteiger partial charge in [0, 0.05) is 18.2 Å². The summed E-state index contributed by atoms with van der Waals surface area (Å²) in [7, 11) is 0. The number of rotatable bonds is 4. The first kappa shape index (κ1) is 13.1. The lowest BCUT2D eigenvalue weighted by Gasteiger charge is -2.32. The molecule has 0 unspecified atom stereocenters. The Hall–Kier alpha value is -1.35. The second kappa shape index (κ2) is 5.53. The highest BCUT2D eigenvalue weighted by Gasteiger charge is 2.25. The molecule has 0 radical (unpaired) electrons. The third-order valence-corrected chi connectivity index (χ3v) is 3.66. The van der Waals surface area contributed by atoms with Crippen LogP contribution in [0, 0.1) is 5.92 Å². The molecule has 1 fully saturated rings. The molecule has 0 atom stereocenters. The Morgan fingerprint density at radius 2 is 1.94 bits per heavy atom. The molecule has 0 bridgehead atoms. The van der Waals surface area contributed by atoms with Crippen molar-refractivity contribution in [3.05, 3.63) is 35.4 Å². The van der Waals surface area contributed by atoms with Crippen molar-refractivity contribution in [3.63, 3.8) is 0 Å². The van der Waals surface area contributed by atoms with Crippen LogP contribution in [0.25, 0.3) is 0 Å². The predicted molar refractivity (Wildman–Crippen MR) is 73.6 cm³/mol. The number of amides is 1. The van der Waals surface area contributed by atoms with E-state index in [1.165, 1.54) is 5.56 Å². The van der Waals surface area contributed by atoms with Gasteiger partial charge in [-0.15, -0.1) is 0 Å². The molecule has 1 aromatic carbocycles. The fourth-order valence-electron chi connectivity index (χ4n) is 2.31. The molecule has 1 aromatic rings. The van der Waals surface area contributed by atoms with Gasteiger partial charge in [-0.1, -0.05) is 26.0 Å². The monoisotopic (exact) mass is 246 g/mol. The van der Waals surface area contributed by atoms with Crippen molar-refractivity contribution in [1.29, 1.82) is 0 Å². The zero-order valence-corrected chi connectivity index (χ0v) is 11.1. The lowest BCUT2D eigenvalue weighted by atomic mass is 9.81. The SMILES string of the molecule is CC(C)c1ccc(C(=O)NCC2CC(N)C2)cc1. The van der Waals surface area contributed by atoms with Gasteiger partial charge in [-0.2, -0.15) is 0 Å². The Morgan fingerprint density at radius 1 is 1.33 bits per heavy atom. The Kier molecular flexibility index (Phi) is 4.02. The predicted octanol–water partition coefficient (Wildman–Crippen LogP) is 2.28.